The van der Waals surface area contributed by atoms with E-state index in [0.29, 0.717) is 23.7 Å². The van der Waals surface area contributed by atoms with Crippen molar-refractivity contribution >= 4 is 33.4 Å². The minimum Gasteiger partial charge on any atom is -0.375 e. The fourth-order valence-corrected chi connectivity index (χ4v) is 3.13. The second-order valence-electron chi connectivity index (χ2n) is 4.82. The molecule has 0 N–H and O–H groups in total. The van der Waals surface area contributed by atoms with Gasteiger partial charge in [0, 0.05) is 21.6 Å². The standard InChI is InChI=1S/C14H17BrClNO2/c1-3-13-8-19-9(2)7-17(13)14(18)10-4-11(15)6-12(16)5-10/h4-6,9,13H,3,7-8H2,1-2H3. The molecule has 0 aromatic heterocycles. The van der Waals surface area contributed by atoms with Crippen LogP contribution >= 0.6 is 27.5 Å². The summed E-state index contributed by atoms with van der Waals surface area (Å²) < 4.78 is 6.43. The van der Waals surface area contributed by atoms with Gasteiger partial charge in [0.15, 0.2) is 0 Å². The molecule has 0 radical (unpaired) electrons. The number of amides is 1. The van der Waals surface area contributed by atoms with Gasteiger partial charge in [0.25, 0.3) is 5.91 Å². The molecule has 0 saturated carbocycles. The maximum atomic E-state index is 12.6. The lowest BCUT2D eigenvalue weighted by Crippen LogP contribution is -2.51. The molecule has 5 heteroatoms. The third-order valence-corrected chi connectivity index (χ3v) is 3.99. The molecular weight excluding hydrogens is 330 g/mol. The third kappa shape index (κ3) is 3.50. The van der Waals surface area contributed by atoms with Gasteiger partial charge in [0.05, 0.1) is 18.8 Å². The van der Waals surface area contributed by atoms with Crippen molar-refractivity contribution < 1.29 is 9.53 Å². The average Bonchev–Trinajstić information content (AvgIpc) is 2.36. The largest absolute Gasteiger partial charge is 0.375 e. The number of benzene rings is 1. The van der Waals surface area contributed by atoms with E-state index < -0.39 is 0 Å². The van der Waals surface area contributed by atoms with Gasteiger partial charge < -0.3 is 9.64 Å². The van der Waals surface area contributed by atoms with Gasteiger partial charge in [-0.15, -0.1) is 0 Å². The van der Waals surface area contributed by atoms with Crippen LogP contribution in [0.2, 0.25) is 5.02 Å². The van der Waals surface area contributed by atoms with Gasteiger partial charge in [-0.1, -0.05) is 34.5 Å². The highest BCUT2D eigenvalue weighted by molar-refractivity contribution is 9.10. The van der Waals surface area contributed by atoms with Crippen LogP contribution in [0.3, 0.4) is 0 Å². The zero-order chi connectivity index (χ0) is 14.0. The summed E-state index contributed by atoms with van der Waals surface area (Å²) >= 11 is 9.38. The highest BCUT2D eigenvalue weighted by Crippen LogP contribution is 2.23. The first-order valence-electron chi connectivity index (χ1n) is 6.40. The topological polar surface area (TPSA) is 29.5 Å². The number of ether oxygens (including phenoxy) is 1. The van der Waals surface area contributed by atoms with Crippen LogP contribution in [0.4, 0.5) is 0 Å². The molecule has 1 heterocycles. The molecule has 1 aromatic rings. The molecule has 0 spiro atoms. The SMILES string of the molecule is CCC1COC(C)CN1C(=O)c1cc(Cl)cc(Br)c1. The Morgan fingerprint density at radius 1 is 1.53 bits per heavy atom. The summed E-state index contributed by atoms with van der Waals surface area (Å²) in [5, 5.41) is 0.562. The van der Waals surface area contributed by atoms with Crippen molar-refractivity contribution in [2.45, 2.75) is 32.4 Å². The molecule has 1 amide bonds. The first kappa shape index (κ1) is 14.8. The van der Waals surface area contributed by atoms with Gasteiger partial charge in [0.2, 0.25) is 0 Å². The molecule has 2 atom stereocenters. The van der Waals surface area contributed by atoms with E-state index in [2.05, 4.69) is 22.9 Å². The van der Waals surface area contributed by atoms with Crippen molar-refractivity contribution in [2.75, 3.05) is 13.2 Å². The van der Waals surface area contributed by atoms with E-state index in [1.165, 1.54) is 0 Å². The second-order valence-corrected chi connectivity index (χ2v) is 6.17. The van der Waals surface area contributed by atoms with Gasteiger partial charge >= 0.3 is 0 Å². The minimum atomic E-state index is 0.0187. The molecule has 0 aliphatic carbocycles. The summed E-state index contributed by atoms with van der Waals surface area (Å²) in [5.74, 6) is 0.0187. The van der Waals surface area contributed by atoms with Crippen LogP contribution in [-0.4, -0.2) is 36.1 Å². The van der Waals surface area contributed by atoms with Crippen LogP contribution in [0.1, 0.15) is 30.6 Å². The molecule has 2 rings (SSSR count). The molecule has 1 saturated heterocycles. The van der Waals surface area contributed by atoms with Crippen molar-refractivity contribution in [3.63, 3.8) is 0 Å². The number of morpholine rings is 1. The second kappa shape index (κ2) is 6.25. The molecule has 104 valence electrons. The summed E-state index contributed by atoms with van der Waals surface area (Å²) in [5.41, 5.74) is 0.618. The van der Waals surface area contributed by atoms with E-state index >= 15 is 0 Å². The average molecular weight is 347 g/mol. The highest BCUT2D eigenvalue weighted by atomic mass is 79.9. The van der Waals surface area contributed by atoms with E-state index in [9.17, 15) is 4.79 Å². The van der Waals surface area contributed by atoms with Gasteiger partial charge in [0.1, 0.15) is 0 Å². The first-order valence-corrected chi connectivity index (χ1v) is 7.57. The fourth-order valence-electron chi connectivity index (χ4n) is 2.27. The highest BCUT2D eigenvalue weighted by Gasteiger charge is 2.30. The molecule has 1 fully saturated rings. The van der Waals surface area contributed by atoms with Crippen molar-refractivity contribution in [1.29, 1.82) is 0 Å². The van der Waals surface area contributed by atoms with Crippen molar-refractivity contribution in [3.8, 4) is 0 Å². The Kier molecular flexibility index (Phi) is 4.87. The zero-order valence-electron chi connectivity index (χ0n) is 11.0. The third-order valence-electron chi connectivity index (χ3n) is 3.31. The Balaban J connectivity index is 2.25. The number of carbonyl (C=O) groups is 1. The first-order chi connectivity index (χ1) is 9.01. The number of hydrogen-bond acceptors (Lipinski definition) is 2. The number of hydrogen-bond donors (Lipinski definition) is 0. The molecular formula is C14H17BrClNO2. The number of rotatable bonds is 2. The predicted octanol–water partition coefficient (Wildman–Crippen LogP) is 3.74. The Bertz CT molecular complexity index is 460. The molecule has 1 aliphatic rings. The lowest BCUT2D eigenvalue weighted by molar-refractivity contribution is -0.0444. The summed E-state index contributed by atoms with van der Waals surface area (Å²) in [6.07, 6.45) is 0.967. The van der Waals surface area contributed by atoms with Gasteiger partial charge in [-0.05, 0) is 31.5 Å². The maximum absolute atomic E-state index is 12.6. The lowest BCUT2D eigenvalue weighted by atomic mass is 10.1. The van der Waals surface area contributed by atoms with Crippen LogP contribution in [0, 0.1) is 0 Å². The van der Waals surface area contributed by atoms with Crippen molar-refractivity contribution in [3.05, 3.63) is 33.3 Å². The van der Waals surface area contributed by atoms with E-state index in [0.717, 1.165) is 10.9 Å². The Hall–Kier alpha value is -0.580. The van der Waals surface area contributed by atoms with E-state index in [-0.39, 0.29) is 18.1 Å². The summed E-state index contributed by atoms with van der Waals surface area (Å²) in [7, 11) is 0. The van der Waals surface area contributed by atoms with Crippen LogP contribution in [0.15, 0.2) is 22.7 Å². The normalized spacial score (nSPS) is 23.5. The minimum absolute atomic E-state index is 0.0187. The van der Waals surface area contributed by atoms with Crippen LogP contribution in [0.25, 0.3) is 0 Å². The van der Waals surface area contributed by atoms with Gasteiger partial charge in [-0.3, -0.25) is 4.79 Å². The van der Waals surface area contributed by atoms with E-state index in [1.54, 1.807) is 18.2 Å². The maximum Gasteiger partial charge on any atom is 0.254 e. The van der Waals surface area contributed by atoms with E-state index in [1.807, 2.05) is 11.8 Å². The quantitative estimate of drug-likeness (QED) is 0.816. The molecule has 0 bridgehead atoms. The van der Waals surface area contributed by atoms with Crippen LogP contribution < -0.4 is 0 Å². The number of carbonyl (C=O) groups excluding carboxylic acids is 1. The summed E-state index contributed by atoms with van der Waals surface area (Å²) in [6, 6.07) is 5.43. The van der Waals surface area contributed by atoms with Crippen molar-refractivity contribution in [1.82, 2.24) is 4.90 Å². The Morgan fingerprint density at radius 2 is 2.26 bits per heavy atom. The number of halogens is 2. The van der Waals surface area contributed by atoms with Gasteiger partial charge in [-0.2, -0.15) is 0 Å². The molecule has 19 heavy (non-hydrogen) atoms. The molecule has 1 aliphatic heterocycles. The summed E-state index contributed by atoms with van der Waals surface area (Å²) in [6.45, 7) is 5.28. The Morgan fingerprint density at radius 3 is 2.89 bits per heavy atom. The molecule has 3 nitrogen and oxygen atoms in total. The molecule has 1 aromatic carbocycles. The fraction of sp³-hybridized carbons (Fsp3) is 0.500. The van der Waals surface area contributed by atoms with Crippen molar-refractivity contribution in [2.24, 2.45) is 0 Å². The lowest BCUT2D eigenvalue weighted by Gasteiger charge is -2.38. The monoisotopic (exact) mass is 345 g/mol. The van der Waals surface area contributed by atoms with Gasteiger partial charge in [-0.25, -0.2) is 0 Å². The van der Waals surface area contributed by atoms with E-state index in [4.69, 9.17) is 16.3 Å². The smallest absolute Gasteiger partial charge is 0.254 e. The molecule has 2 unspecified atom stereocenters. The summed E-state index contributed by atoms with van der Waals surface area (Å²) in [4.78, 5) is 14.5. The predicted molar refractivity (Wildman–Crippen MR) is 79.7 cm³/mol. The zero-order valence-corrected chi connectivity index (χ0v) is 13.4. The Labute approximate surface area is 127 Å². The van der Waals surface area contributed by atoms with Crippen LogP contribution in [-0.2, 0) is 4.74 Å². The van der Waals surface area contributed by atoms with Crippen LogP contribution in [0.5, 0.6) is 0 Å². The number of nitrogens with zero attached hydrogens (tertiary/aromatic N) is 1.